The Hall–Kier alpha value is -2.21. The lowest BCUT2D eigenvalue weighted by Gasteiger charge is -1.97. The van der Waals surface area contributed by atoms with Gasteiger partial charge in [-0.05, 0) is 25.0 Å². The Balaban J connectivity index is 1.85. The summed E-state index contributed by atoms with van der Waals surface area (Å²) in [6.07, 6.45) is 7.09. The van der Waals surface area contributed by atoms with Crippen LogP contribution < -0.4 is 0 Å². The van der Waals surface area contributed by atoms with E-state index in [1.54, 1.807) is 23.7 Å². The molecule has 0 saturated heterocycles. The van der Waals surface area contributed by atoms with Gasteiger partial charge in [0.05, 0.1) is 5.69 Å². The van der Waals surface area contributed by atoms with Crippen molar-refractivity contribution in [1.82, 2.24) is 14.4 Å². The van der Waals surface area contributed by atoms with E-state index in [0.717, 1.165) is 28.3 Å². The van der Waals surface area contributed by atoms with Crippen LogP contribution in [0.4, 0.5) is 0 Å². The van der Waals surface area contributed by atoms with Crippen LogP contribution in [0.25, 0.3) is 16.2 Å². The summed E-state index contributed by atoms with van der Waals surface area (Å²) in [5.41, 5.74) is 2.98. The summed E-state index contributed by atoms with van der Waals surface area (Å²) < 4.78 is 2.04. The van der Waals surface area contributed by atoms with E-state index < -0.39 is 5.97 Å². The van der Waals surface area contributed by atoms with Crippen LogP contribution in [0.1, 0.15) is 18.5 Å². The van der Waals surface area contributed by atoms with Gasteiger partial charge in [0.1, 0.15) is 0 Å². The predicted octanol–water partition coefficient (Wildman–Crippen LogP) is 2.87. The molecule has 5 nitrogen and oxygen atoms in total. The van der Waals surface area contributed by atoms with Gasteiger partial charge in [-0.15, -0.1) is 11.3 Å². The number of fused-ring (bicyclic) bond motifs is 1. The molecular weight excluding hydrogens is 274 g/mol. The molecule has 0 aliphatic rings. The molecule has 102 valence electrons. The lowest BCUT2D eigenvalue weighted by Crippen LogP contribution is -1.97. The van der Waals surface area contributed by atoms with Crippen molar-refractivity contribution in [2.75, 3.05) is 0 Å². The number of hydrogen-bond donors (Lipinski definition) is 1. The Morgan fingerprint density at radius 3 is 3.10 bits per heavy atom. The Morgan fingerprint density at radius 2 is 2.35 bits per heavy atom. The number of pyridine rings is 1. The lowest BCUT2D eigenvalue weighted by molar-refractivity contribution is -0.137. The average molecular weight is 287 g/mol. The molecule has 0 fully saturated rings. The quantitative estimate of drug-likeness (QED) is 0.783. The summed E-state index contributed by atoms with van der Waals surface area (Å²) >= 11 is 1.57. The number of carbonyl (C=O) groups is 1. The highest BCUT2D eigenvalue weighted by Crippen LogP contribution is 2.23. The van der Waals surface area contributed by atoms with Gasteiger partial charge >= 0.3 is 5.97 Å². The lowest BCUT2D eigenvalue weighted by atomic mass is 10.2. The van der Waals surface area contributed by atoms with E-state index in [9.17, 15) is 4.79 Å². The predicted molar refractivity (Wildman–Crippen MR) is 76.9 cm³/mol. The van der Waals surface area contributed by atoms with Crippen molar-refractivity contribution in [2.45, 2.75) is 19.3 Å². The van der Waals surface area contributed by atoms with E-state index in [1.165, 1.54) is 0 Å². The van der Waals surface area contributed by atoms with E-state index in [1.807, 2.05) is 28.1 Å². The zero-order valence-corrected chi connectivity index (χ0v) is 11.5. The largest absolute Gasteiger partial charge is 0.481 e. The van der Waals surface area contributed by atoms with Crippen molar-refractivity contribution < 1.29 is 9.90 Å². The van der Waals surface area contributed by atoms with Crippen LogP contribution in [0.3, 0.4) is 0 Å². The van der Waals surface area contributed by atoms with Gasteiger partial charge in [-0.2, -0.15) is 0 Å². The molecule has 0 aliphatic carbocycles. The highest BCUT2D eigenvalue weighted by Gasteiger charge is 2.10. The number of rotatable bonds is 5. The van der Waals surface area contributed by atoms with E-state index in [0.29, 0.717) is 6.42 Å². The van der Waals surface area contributed by atoms with Gasteiger partial charge in [0.2, 0.25) is 0 Å². The second-order valence-electron chi connectivity index (χ2n) is 4.49. The van der Waals surface area contributed by atoms with Gasteiger partial charge in [0.15, 0.2) is 4.96 Å². The zero-order chi connectivity index (χ0) is 13.9. The zero-order valence-electron chi connectivity index (χ0n) is 10.7. The standard InChI is InChI=1S/C14H13N3O2S/c18-13(19)5-1-4-11-9-20-14-16-12(8-17(11)14)10-3-2-6-15-7-10/h2-3,6-9H,1,4-5H2,(H,18,19). The van der Waals surface area contributed by atoms with Crippen molar-refractivity contribution in [3.05, 3.63) is 41.8 Å². The molecule has 3 heterocycles. The van der Waals surface area contributed by atoms with Crippen LogP contribution >= 0.6 is 11.3 Å². The molecule has 6 heteroatoms. The number of carboxylic acid groups (broad SMARTS) is 1. The van der Waals surface area contributed by atoms with Gasteiger partial charge in [-0.3, -0.25) is 14.2 Å². The molecule has 3 rings (SSSR count). The Bertz CT molecular complexity index is 733. The minimum atomic E-state index is -0.752. The van der Waals surface area contributed by atoms with Crippen molar-refractivity contribution in [2.24, 2.45) is 0 Å². The number of imidazole rings is 1. The fraction of sp³-hybridized carbons (Fsp3) is 0.214. The first kappa shape index (κ1) is 12.8. The van der Waals surface area contributed by atoms with Crippen molar-refractivity contribution >= 4 is 22.3 Å². The van der Waals surface area contributed by atoms with Gasteiger partial charge in [0, 0.05) is 41.6 Å². The molecule has 0 saturated carbocycles. The molecule has 0 aliphatic heterocycles. The number of thiazole rings is 1. The molecule has 0 atom stereocenters. The van der Waals surface area contributed by atoms with Crippen LogP contribution in [0.5, 0.6) is 0 Å². The molecule has 20 heavy (non-hydrogen) atoms. The highest BCUT2D eigenvalue weighted by molar-refractivity contribution is 7.15. The Morgan fingerprint density at radius 1 is 1.45 bits per heavy atom. The molecule has 0 bridgehead atoms. The number of aromatic nitrogens is 3. The van der Waals surface area contributed by atoms with Gasteiger partial charge < -0.3 is 5.11 Å². The summed E-state index contributed by atoms with van der Waals surface area (Å²) in [7, 11) is 0. The summed E-state index contributed by atoms with van der Waals surface area (Å²) in [5, 5.41) is 10.7. The number of aryl methyl sites for hydroxylation is 1. The minimum absolute atomic E-state index is 0.196. The number of hydrogen-bond acceptors (Lipinski definition) is 4. The van der Waals surface area contributed by atoms with E-state index >= 15 is 0 Å². The van der Waals surface area contributed by atoms with Gasteiger partial charge in [-0.25, -0.2) is 4.98 Å². The Labute approximate surface area is 119 Å². The fourth-order valence-electron chi connectivity index (χ4n) is 2.08. The van der Waals surface area contributed by atoms with Crippen LogP contribution in [0, 0.1) is 0 Å². The van der Waals surface area contributed by atoms with E-state index in [4.69, 9.17) is 5.11 Å². The van der Waals surface area contributed by atoms with Crippen LogP contribution in [0.15, 0.2) is 36.1 Å². The number of aliphatic carboxylic acids is 1. The Kier molecular flexibility index (Phi) is 3.47. The first-order valence-electron chi connectivity index (χ1n) is 6.32. The minimum Gasteiger partial charge on any atom is -0.481 e. The summed E-state index contributed by atoms with van der Waals surface area (Å²) in [6.45, 7) is 0. The highest BCUT2D eigenvalue weighted by atomic mass is 32.1. The third-order valence-corrected chi connectivity index (χ3v) is 3.95. The van der Waals surface area contributed by atoms with Crippen LogP contribution in [0.2, 0.25) is 0 Å². The third-order valence-electron chi connectivity index (χ3n) is 3.06. The molecule has 0 spiro atoms. The van der Waals surface area contributed by atoms with Crippen LogP contribution in [-0.4, -0.2) is 25.4 Å². The monoisotopic (exact) mass is 287 g/mol. The third kappa shape index (κ3) is 2.55. The SMILES string of the molecule is O=C(O)CCCc1csc2nc(-c3cccnc3)cn12. The molecule has 0 amide bonds. The smallest absolute Gasteiger partial charge is 0.303 e. The van der Waals surface area contributed by atoms with E-state index in [2.05, 4.69) is 9.97 Å². The topological polar surface area (TPSA) is 67.5 Å². The maximum atomic E-state index is 10.6. The normalized spacial score (nSPS) is 11.0. The first-order chi connectivity index (χ1) is 9.74. The van der Waals surface area contributed by atoms with Gasteiger partial charge in [-0.1, -0.05) is 0 Å². The first-order valence-corrected chi connectivity index (χ1v) is 7.19. The van der Waals surface area contributed by atoms with Crippen molar-refractivity contribution in [3.8, 4) is 11.3 Å². The van der Waals surface area contributed by atoms with Crippen LogP contribution in [-0.2, 0) is 11.2 Å². The molecule has 0 aromatic carbocycles. The molecule has 0 radical (unpaired) electrons. The molecule has 0 unspecified atom stereocenters. The maximum Gasteiger partial charge on any atom is 0.303 e. The molecule has 3 aromatic rings. The summed E-state index contributed by atoms with van der Waals surface area (Å²) in [6, 6.07) is 3.86. The van der Waals surface area contributed by atoms with E-state index in [-0.39, 0.29) is 6.42 Å². The molecular formula is C14H13N3O2S. The molecule has 3 aromatic heterocycles. The second-order valence-corrected chi connectivity index (χ2v) is 5.33. The van der Waals surface area contributed by atoms with Crippen molar-refractivity contribution in [1.29, 1.82) is 0 Å². The number of nitrogens with zero attached hydrogens (tertiary/aromatic N) is 3. The molecule has 1 N–H and O–H groups in total. The fourth-order valence-corrected chi connectivity index (χ4v) is 2.99. The average Bonchev–Trinajstić information content (AvgIpc) is 3.01. The second kappa shape index (κ2) is 5.42. The summed E-state index contributed by atoms with van der Waals surface area (Å²) in [5.74, 6) is -0.752. The van der Waals surface area contributed by atoms with Crippen molar-refractivity contribution in [3.63, 3.8) is 0 Å². The van der Waals surface area contributed by atoms with Gasteiger partial charge in [0.25, 0.3) is 0 Å². The number of carboxylic acids is 1. The summed E-state index contributed by atoms with van der Waals surface area (Å²) in [4.78, 5) is 20.2. The maximum absolute atomic E-state index is 10.6.